The number of ketones is 1. The lowest BCUT2D eigenvalue weighted by molar-refractivity contribution is 0.101. The van der Waals surface area contributed by atoms with E-state index in [1.807, 2.05) is 18.2 Å². The van der Waals surface area contributed by atoms with Gasteiger partial charge < -0.3 is 0 Å². The van der Waals surface area contributed by atoms with Gasteiger partial charge in [-0.25, -0.2) is 8.42 Å². The maximum atomic E-state index is 13.0. The number of carbonyl (C=O) groups is 1. The lowest BCUT2D eigenvalue weighted by atomic mass is 9.95. The van der Waals surface area contributed by atoms with E-state index in [0.29, 0.717) is 18.7 Å². The standard InChI is InChI=1S/C20H23NO3S/c1-16(22)17-10-12-20(13-11-17)25(23,24)21-14-6-5-9-19(15-21)18-7-3-2-4-8-18/h2-4,7-8,10-13,19H,5-6,9,14-15H2,1H3. The second kappa shape index (κ2) is 7.50. The zero-order chi connectivity index (χ0) is 17.9. The average molecular weight is 357 g/mol. The maximum Gasteiger partial charge on any atom is 0.243 e. The highest BCUT2D eigenvalue weighted by molar-refractivity contribution is 7.89. The zero-order valence-corrected chi connectivity index (χ0v) is 15.2. The molecular formula is C20H23NO3S. The van der Waals surface area contributed by atoms with Crippen LogP contribution in [-0.4, -0.2) is 31.6 Å². The van der Waals surface area contributed by atoms with Crippen molar-refractivity contribution in [3.63, 3.8) is 0 Å². The average Bonchev–Trinajstić information content (AvgIpc) is 2.89. The molecule has 5 heteroatoms. The molecule has 1 unspecified atom stereocenters. The van der Waals surface area contributed by atoms with Crippen molar-refractivity contribution >= 4 is 15.8 Å². The highest BCUT2D eigenvalue weighted by atomic mass is 32.2. The zero-order valence-electron chi connectivity index (χ0n) is 14.4. The Morgan fingerprint density at radius 3 is 2.32 bits per heavy atom. The Hall–Kier alpha value is -1.98. The molecule has 4 nitrogen and oxygen atoms in total. The summed E-state index contributed by atoms with van der Waals surface area (Å²) in [5.74, 6) is 0.151. The first-order valence-electron chi connectivity index (χ1n) is 8.64. The number of hydrogen-bond acceptors (Lipinski definition) is 3. The van der Waals surface area contributed by atoms with Gasteiger partial charge >= 0.3 is 0 Å². The van der Waals surface area contributed by atoms with Gasteiger partial charge in [0.05, 0.1) is 4.90 Å². The number of hydrogen-bond donors (Lipinski definition) is 0. The number of carbonyl (C=O) groups excluding carboxylic acids is 1. The number of Topliss-reactive ketones (excluding diaryl/α,β-unsaturated/α-hetero) is 1. The summed E-state index contributed by atoms with van der Waals surface area (Å²) in [7, 11) is -3.55. The SMILES string of the molecule is CC(=O)c1ccc(S(=O)(=O)N2CCCCC(c3ccccc3)C2)cc1. The van der Waals surface area contributed by atoms with Gasteiger partial charge in [0.15, 0.2) is 5.78 Å². The fourth-order valence-electron chi connectivity index (χ4n) is 3.33. The third-order valence-corrected chi connectivity index (χ3v) is 6.68. The van der Waals surface area contributed by atoms with Gasteiger partial charge in [-0.15, -0.1) is 0 Å². The molecule has 2 aromatic rings. The molecule has 0 aromatic heterocycles. The van der Waals surface area contributed by atoms with Crippen LogP contribution in [0.15, 0.2) is 59.5 Å². The maximum absolute atomic E-state index is 13.0. The second-order valence-electron chi connectivity index (χ2n) is 6.55. The van der Waals surface area contributed by atoms with Crippen molar-refractivity contribution in [2.24, 2.45) is 0 Å². The molecule has 25 heavy (non-hydrogen) atoms. The molecule has 1 atom stereocenters. The lowest BCUT2D eigenvalue weighted by Gasteiger charge is -2.24. The largest absolute Gasteiger partial charge is 0.295 e. The van der Waals surface area contributed by atoms with Crippen LogP contribution in [0.1, 0.15) is 48.0 Å². The predicted octanol–water partition coefficient (Wildman–Crippen LogP) is 3.85. The molecule has 132 valence electrons. The van der Waals surface area contributed by atoms with E-state index in [1.54, 1.807) is 16.4 Å². The number of rotatable bonds is 4. The molecule has 0 bridgehead atoms. The van der Waals surface area contributed by atoms with Gasteiger partial charge in [0, 0.05) is 18.7 Å². The van der Waals surface area contributed by atoms with Crippen LogP contribution in [0, 0.1) is 0 Å². The summed E-state index contributed by atoms with van der Waals surface area (Å²) >= 11 is 0. The van der Waals surface area contributed by atoms with Gasteiger partial charge in [0.25, 0.3) is 0 Å². The summed E-state index contributed by atoms with van der Waals surface area (Å²) < 4.78 is 27.7. The number of sulfonamides is 1. The Kier molecular flexibility index (Phi) is 5.35. The number of nitrogens with zero attached hydrogens (tertiary/aromatic N) is 1. The van der Waals surface area contributed by atoms with Crippen LogP contribution in [-0.2, 0) is 10.0 Å². The van der Waals surface area contributed by atoms with E-state index in [4.69, 9.17) is 0 Å². The van der Waals surface area contributed by atoms with Crippen LogP contribution < -0.4 is 0 Å². The first-order valence-corrected chi connectivity index (χ1v) is 10.1. The van der Waals surface area contributed by atoms with Crippen molar-refractivity contribution in [2.45, 2.75) is 37.0 Å². The van der Waals surface area contributed by atoms with E-state index in [0.717, 1.165) is 19.3 Å². The molecule has 0 radical (unpaired) electrons. The van der Waals surface area contributed by atoms with E-state index < -0.39 is 10.0 Å². The van der Waals surface area contributed by atoms with Crippen LogP contribution in [0.3, 0.4) is 0 Å². The molecule has 3 rings (SSSR count). The van der Waals surface area contributed by atoms with Gasteiger partial charge in [0.2, 0.25) is 10.0 Å². The van der Waals surface area contributed by atoms with Crippen molar-refractivity contribution in [1.29, 1.82) is 0 Å². The smallest absolute Gasteiger partial charge is 0.243 e. The van der Waals surface area contributed by atoms with Crippen LogP contribution in [0.25, 0.3) is 0 Å². The fraction of sp³-hybridized carbons (Fsp3) is 0.350. The van der Waals surface area contributed by atoms with Crippen molar-refractivity contribution in [1.82, 2.24) is 4.31 Å². The first kappa shape index (κ1) is 17.8. The van der Waals surface area contributed by atoms with Crippen molar-refractivity contribution in [3.8, 4) is 0 Å². The van der Waals surface area contributed by atoms with Gasteiger partial charge in [-0.3, -0.25) is 4.79 Å². The van der Waals surface area contributed by atoms with Crippen LogP contribution in [0.2, 0.25) is 0 Å². The van der Waals surface area contributed by atoms with Gasteiger partial charge in [0.1, 0.15) is 0 Å². The summed E-state index contributed by atoms with van der Waals surface area (Å²) in [6.07, 6.45) is 2.89. The first-order chi connectivity index (χ1) is 12.0. The Bertz CT molecular complexity index is 829. The van der Waals surface area contributed by atoms with Crippen LogP contribution in [0.5, 0.6) is 0 Å². The molecule has 0 amide bonds. The third kappa shape index (κ3) is 3.99. The van der Waals surface area contributed by atoms with E-state index in [1.165, 1.54) is 24.6 Å². The highest BCUT2D eigenvalue weighted by Crippen LogP contribution is 2.29. The molecule has 1 saturated heterocycles. The minimum atomic E-state index is -3.55. The van der Waals surface area contributed by atoms with Crippen molar-refractivity contribution in [3.05, 3.63) is 65.7 Å². The lowest BCUT2D eigenvalue weighted by Crippen LogP contribution is -2.34. The molecule has 1 aliphatic rings. The summed E-state index contributed by atoms with van der Waals surface area (Å²) in [5, 5.41) is 0. The Morgan fingerprint density at radius 2 is 1.68 bits per heavy atom. The topological polar surface area (TPSA) is 54.5 Å². The van der Waals surface area contributed by atoms with Crippen molar-refractivity contribution < 1.29 is 13.2 Å². The van der Waals surface area contributed by atoms with Crippen molar-refractivity contribution in [2.75, 3.05) is 13.1 Å². The minimum Gasteiger partial charge on any atom is -0.295 e. The number of benzene rings is 2. The Morgan fingerprint density at radius 1 is 1.00 bits per heavy atom. The molecule has 2 aromatic carbocycles. The van der Waals surface area contributed by atoms with E-state index in [2.05, 4.69) is 12.1 Å². The molecule has 0 saturated carbocycles. The van der Waals surface area contributed by atoms with Gasteiger partial charge in [-0.2, -0.15) is 4.31 Å². The molecule has 1 aliphatic heterocycles. The Labute approximate surface area is 149 Å². The van der Waals surface area contributed by atoms with E-state index in [9.17, 15) is 13.2 Å². The van der Waals surface area contributed by atoms with E-state index in [-0.39, 0.29) is 16.6 Å². The molecule has 0 N–H and O–H groups in total. The van der Waals surface area contributed by atoms with E-state index >= 15 is 0 Å². The van der Waals surface area contributed by atoms with Gasteiger partial charge in [-0.1, -0.05) is 48.9 Å². The highest BCUT2D eigenvalue weighted by Gasteiger charge is 2.29. The molecule has 1 fully saturated rings. The molecule has 0 spiro atoms. The quantitative estimate of drug-likeness (QED) is 0.781. The van der Waals surface area contributed by atoms with Crippen LogP contribution in [0.4, 0.5) is 0 Å². The Balaban J connectivity index is 1.86. The third-order valence-electron chi connectivity index (χ3n) is 4.80. The summed E-state index contributed by atoms with van der Waals surface area (Å²) in [4.78, 5) is 11.6. The van der Waals surface area contributed by atoms with Crippen LogP contribution >= 0.6 is 0 Å². The molecule has 1 heterocycles. The summed E-state index contributed by atoms with van der Waals surface area (Å²) in [6.45, 7) is 2.52. The molecule has 0 aliphatic carbocycles. The normalized spacial score (nSPS) is 19.3. The second-order valence-corrected chi connectivity index (χ2v) is 8.48. The summed E-state index contributed by atoms with van der Waals surface area (Å²) in [6, 6.07) is 16.4. The predicted molar refractivity (Wildman–Crippen MR) is 98.2 cm³/mol. The summed E-state index contributed by atoms with van der Waals surface area (Å²) in [5.41, 5.74) is 1.72. The van der Waals surface area contributed by atoms with Gasteiger partial charge in [-0.05, 0) is 43.4 Å². The minimum absolute atomic E-state index is 0.0668. The fourth-order valence-corrected chi connectivity index (χ4v) is 4.86. The monoisotopic (exact) mass is 357 g/mol. The molecular weight excluding hydrogens is 334 g/mol.